The van der Waals surface area contributed by atoms with Crippen molar-refractivity contribution in [2.75, 3.05) is 5.43 Å². The second-order valence-electron chi connectivity index (χ2n) is 6.13. The number of aromatic nitrogens is 1. The van der Waals surface area contributed by atoms with E-state index in [9.17, 15) is 14.9 Å². The van der Waals surface area contributed by atoms with Crippen LogP contribution < -0.4 is 10.2 Å². The Kier molecular flexibility index (Phi) is 7.16. The van der Waals surface area contributed by atoms with Gasteiger partial charge >= 0.3 is 5.97 Å². The summed E-state index contributed by atoms with van der Waals surface area (Å²) in [6.07, 6.45) is 2.64. The lowest BCUT2D eigenvalue weighted by Gasteiger charge is -2.11. The highest BCUT2D eigenvalue weighted by Crippen LogP contribution is 2.34. The van der Waals surface area contributed by atoms with Gasteiger partial charge in [0.05, 0.1) is 26.2 Å². The van der Waals surface area contributed by atoms with Crippen LogP contribution in [0.1, 0.15) is 21.5 Å². The number of hydrogen-bond donors (Lipinski definition) is 2. The van der Waals surface area contributed by atoms with Crippen LogP contribution in [0.25, 0.3) is 0 Å². The molecular formula is C20H14BrClN4O5. The van der Waals surface area contributed by atoms with E-state index < -0.39 is 10.9 Å². The van der Waals surface area contributed by atoms with Crippen molar-refractivity contribution in [2.45, 2.75) is 6.61 Å². The van der Waals surface area contributed by atoms with Gasteiger partial charge < -0.3 is 9.84 Å². The van der Waals surface area contributed by atoms with Crippen LogP contribution in [-0.2, 0) is 6.61 Å². The fourth-order valence-corrected chi connectivity index (χ4v) is 3.41. The smallest absolute Gasteiger partial charge is 0.335 e. The molecule has 0 radical (unpaired) electrons. The highest BCUT2D eigenvalue weighted by Gasteiger charge is 2.10. The molecule has 11 heteroatoms. The first kappa shape index (κ1) is 22.2. The van der Waals surface area contributed by atoms with Crippen LogP contribution in [0.15, 0.2) is 64.3 Å². The van der Waals surface area contributed by atoms with E-state index in [1.807, 2.05) is 0 Å². The molecule has 0 fully saturated rings. The van der Waals surface area contributed by atoms with Gasteiger partial charge in [0.2, 0.25) is 0 Å². The van der Waals surface area contributed by atoms with Crippen LogP contribution in [0.5, 0.6) is 5.75 Å². The van der Waals surface area contributed by atoms with Crippen molar-refractivity contribution < 1.29 is 19.6 Å². The maximum Gasteiger partial charge on any atom is 0.335 e. The number of hydrogen-bond acceptors (Lipinski definition) is 7. The summed E-state index contributed by atoms with van der Waals surface area (Å²) in [5, 5.41) is 24.0. The Bertz CT molecular complexity index is 1110. The van der Waals surface area contributed by atoms with Crippen LogP contribution in [0, 0.1) is 10.1 Å². The Morgan fingerprint density at radius 3 is 2.61 bits per heavy atom. The van der Waals surface area contributed by atoms with Crippen LogP contribution in [0.4, 0.5) is 11.5 Å². The second kappa shape index (κ2) is 10.0. The first-order chi connectivity index (χ1) is 14.8. The number of carboxylic acid groups (broad SMARTS) is 1. The fraction of sp³-hybridized carbons (Fsp3) is 0.0500. The molecule has 3 aromatic rings. The summed E-state index contributed by atoms with van der Waals surface area (Å²) >= 11 is 9.73. The molecule has 0 atom stereocenters. The number of ether oxygens (including phenoxy) is 1. The van der Waals surface area contributed by atoms with E-state index in [1.165, 1.54) is 30.5 Å². The Morgan fingerprint density at radius 2 is 2.03 bits per heavy atom. The maximum atomic E-state index is 10.9. The monoisotopic (exact) mass is 504 g/mol. The Balaban J connectivity index is 1.63. The predicted molar refractivity (Wildman–Crippen MR) is 119 cm³/mol. The van der Waals surface area contributed by atoms with Gasteiger partial charge in [-0.1, -0.05) is 23.7 Å². The van der Waals surface area contributed by atoms with E-state index in [-0.39, 0.29) is 17.9 Å². The number of carbonyl (C=O) groups is 1. The molecule has 158 valence electrons. The molecule has 2 aromatic carbocycles. The number of benzene rings is 2. The van der Waals surface area contributed by atoms with Crippen LogP contribution in [0.2, 0.25) is 5.02 Å². The van der Waals surface area contributed by atoms with Gasteiger partial charge in [0.25, 0.3) is 5.69 Å². The zero-order chi connectivity index (χ0) is 22.4. The van der Waals surface area contributed by atoms with Gasteiger partial charge in [0.15, 0.2) is 5.75 Å². The van der Waals surface area contributed by atoms with Crippen molar-refractivity contribution >= 4 is 51.2 Å². The minimum Gasteiger partial charge on any atom is -0.486 e. The molecule has 3 rings (SSSR count). The van der Waals surface area contributed by atoms with Gasteiger partial charge in [-0.3, -0.25) is 15.5 Å². The average molecular weight is 506 g/mol. The van der Waals surface area contributed by atoms with Crippen molar-refractivity contribution in [3.8, 4) is 5.75 Å². The number of nitrogens with one attached hydrogen (secondary N) is 1. The van der Waals surface area contributed by atoms with Crippen LogP contribution >= 0.6 is 27.5 Å². The van der Waals surface area contributed by atoms with Crippen molar-refractivity contribution in [2.24, 2.45) is 5.10 Å². The van der Waals surface area contributed by atoms with Gasteiger partial charge in [0, 0.05) is 6.07 Å². The van der Waals surface area contributed by atoms with Gasteiger partial charge in [-0.25, -0.2) is 9.78 Å². The molecule has 0 unspecified atom stereocenters. The number of anilines is 1. The molecule has 0 spiro atoms. The molecule has 2 N–H and O–H groups in total. The lowest BCUT2D eigenvalue weighted by Crippen LogP contribution is -2.00. The maximum absolute atomic E-state index is 10.9. The molecule has 0 saturated heterocycles. The lowest BCUT2D eigenvalue weighted by molar-refractivity contribution is -0.385. The van der Waals surface area contributed by atoms with Crippen LogP contribution in [0.3, 0.4) is 0 Å². The molecule has 0 aliphatic rings. The zero-order valence-corrected chi connectivity index (χ0v) is 18.0. The first-order valence-electron chi connectivity index (χ1n) is 8.67. The number of aromatic carboxylic acids is 1. The summed E-state index contributed by atoms with van der Waals surface area (Å²) in [4.78, 5) is 24.9. The summed E-state index contributed by atoms with van der Waals surface area (Å²) in [7, 11) is 0. The summed E-state index contributed by atoms with van der Waals surface area (Å²) in [5.74, 6) is -0.207. The van der Waals surface area contributed by atoms with E-state index in [0.717, 1.165) is 11.8 Å². The highest BCUT2D eigenvalue weighted by molar-refractivity contribution is 9.10. The minimum atomic E-state index is -0.991. The lowest BCUT2D eigenvalue weighted by atomic mass is 10.1. The number of carboxylic acids is 1. The first-order valence-corrected chi connectivity index (χ1v) is 9.84. The molecule has 0 bridgehead atoms. The second-order valence-corrected chi connectivity index (χ2v) is 7.39. The molecule has 31 heavy (non-hydrogen) atoms. The predicted octanol–water partition coefficient (Wildman–Crippen LogP) is 5.13. The van der Waals surface area contributed by atoms with Gasteiger partial charge in [-0.05, 0) is 57.4 Å². The van der Waals surface area contributed by atoms with Gasteiger partial charge in [-0.15, -0.1) is 0 Å². The molecular weight excluding hydrogens is 492 g/mol. The summed E-state index contributed by atoms with van der Waals surface area (Å²) in [6, 6.07) is 12.5. The summed E-state index contributed by atoms with van der Waals surface area (Å²) < 4.78 is 6.37. The van der Waals surface area contributed by atoms with Gasteiger partial charge in [0.1, 0.15) is 18.6 Å². The van der Waals surface area contributed by atoms with E-state index >= 15 is 0 Å². The van der Waals surface area contributed by atoms with Crippen LogP contribution in [-0.4, -0.2) is 27.2 Å². The number of halogens is 2. The summed E-state index contributed by atoms with van der Waals surface area (Å²) in [5.41, 5.74) is 4.22. The normalized spacial score (nSPS) is 10.8. The van der Waals surface area contributed by atoms with Crippen molar-refractivity contribution in [3.63, 3.8) is 0 Å². The van der Waals surface area contributed by atoms with Crippen molar-refractivity contribution in [1.82, 2.24) is 4.98 Å². The molecule has 0 amide bonds. The number of rotatable bonds is 8. The molecule has 1 heterocycles. The number of nitro groups is 1. The molecule has 0 aliphatic carbocycles. The highest BCUT2D eigenvalue weighted by atomic mass is 79.9. The summed E-state index contributed by atoms with van der Waals surface area (Å²) in [6.45, 7) is 0.207. The molecule has 0 aliphatic heterocycles. The SMILES string of the molecule is O=C(O)c1ccc(COc2c(Cl)cc(/C=N/Nc3ccc([N+](=O)[O-])cn3)cc2Br)cc1. The van der Waals surface area contributed by atoms with E-state index in [4.69, 9.17) is 21.4 Å². The third-order valence-electron chi connectivity index (χ3n) is 3.96. The van der Waals surface area contributed by atoms with E-state index in [1.54, 1.807) is 24.3 Å². The zero-order valence-electron chi connectivity index (χ0n) is 15.7. The largest absolute Gasteiger partial charge is 0.486 e. The van der Waals surface area contributed by atoms with E-state index in [2.05, 4.69) is 31.4 Å². The average Bonchev–Trinajstić information content (AvgIpc) is 2.74. The number of pyridine rings is 1. The molecule has 0 saturated carbocycles. The number of hydrazone groups is 1. The third kappa shape index (κ3) is 6.00. The molecule has 1 aromatic heterocycles. The van der Waals surface area contributed by atoms with Crippen molar-refractivity contribution in [3.05, 3.63) is 91.0 Å². The standard InChI is InChI=1S/C20H14BrClN4O5/c21-16-7-13(9-24-25-18-6-5-15(10-23-18)26(29)30)8-17(22)19(16)31-11-12-1-3-14(4-2-12)20(27)28/h1-10H,11H2,(H,23,25)(H,27,28)/b24-9+. The topological polar surface area (TPSA) is 127 Å². The fourth-order valence-electron chi connectivity index (χ4n) is 2.42. The van der Waals surface area contributed by atoms with Gasteiger partial charge in [-0.2, -0.15) is 5.10 Å². The Labute approximate surface area is 189 Å². The van der Waals surface area contributed by atoms with E-state index in [0.29, 0.717) is 26.6 Å². The third-order valence-corrected chi connectivity index (χ3v) is 4.83. The minimum absolute atomic E-state index is 0.112. The quantitative estimate of drug-likeness (QED) is 0.247. The Hall–Kier alpha value is -3.50. The molecule has 9 nitrogen and oxygen atoms in total. The number of nitrogens with zero attached hydrogens (tertiary/aromatic N) is 3. The Morgan fingerprint density at radius 1 is 1.29 bits per heavy atom. The van der Waals surface area contributed by atoms with Crippen molar-refractivity contribution in [1.29, 1.82) is 0 Å².